The molecule has 4 N–H and O–H groups in total. The maximum absolute atomic E-state index is 8.92. The second-order valence-corrected chi connectivity index (χ2v) is 2.31. The molecule has 0 aromatic rings. The standard InChI is InChI=1S/C5H13NO3/c1-3(2)4(7)5(8)6-9/h3-9H,1-2H3. The van der Waals surface area contributed by atoms with Crippen LogP contribution in [-0.2, 0) is 0 Å². The molecule has 4 nitrogen and oxygen atoms in total. The number of hydroxylamine groups is 1. The Bertz CT molecular complexity index is 76.6. The van der Waals surface area contributed by atoms with Gasteiger partial charge in [-0.15, -0.1) is 0 Å². The Morgan fingerprint density at radius 2 is 1.67 bits per heavy atom. The molecule has 9 heavy (non-hydrogen) atoms. The van der Waals surface area contributed by atoms with E-state index in [9.17, 15) is 0 Å². The number of hydrogen-bond donors (Lipinski definition) is 4. The first-order valence-electron chi connectivity index (χ1n) is 2.85. The van der Waals surface area contributed by atoms with Crippen LogP contribution < -0.4 is 5.48 Å². The summed E-state index contributed by atoms with van der Waals surface area (Å²) in [5.41, 5.74) is 1.55. The van der Waals surface area contributed by atoms with Crippen LogP contribution in [0.15, 0.2) is 0 Å². The fourth-order valence-electron chi connectivity index (χ4n) is 0.441. The second-order valence-electron chi connectivity index (χ2n) is 2.31. The van der Waals surface area contributed by atoms with Crippen LogP contribution in [0.3, 0.4) is 0 Å². The van der Waals surface area contributed by atoms with Crippen LogP contribution in [0.25, 0.3) is 0 Å². The van der Waals surface area contributed by atoms with Crippen molar-refractivity contribution in [3.63, 3.8) is 0 Å². The Hall–Kier alpha value is -0.160. The first kappa shape index (κ1) is 8.84. The van der Waals surface area contributed by atoms with E-state index in [1.165, 1.54) is 0 Å². The van der Waals surface area contributed by atoms with Gasteiger partial charge in [-0.3, -0.25) is 0 Å². The number of nitrogens with one attached hydrogen (secondary N) is 1. The van der Waals surface area contributed by atoms with E-state index >= 15 is 0 Å². The van der Waals surface area contributed by atoms with Gasteiger partial charge in [0.2, 0.25) is 0 Å². The SMILES string of the molecule is CC(C)C(O)C(O)NO. The van der Waals surface area contributed by atoms with Gasteiger partial charge in [-0.25, -0.2) is 0 Å². The van der Waals surface area contributed by atoms with Crippen molar-refractivity contribution in [1.82, 2.24) is 5.48 Å². The highest BCUT2D eigenvalue weighted by molar-refractivity contribution is 4.64. The summed E-state index contributed by atoms with van der Waals surface area (Å²) in [5, 5.41) is 25.7. The minimum atomic E-state index is -1.25. The average Bonchev–Trinajstić information content (AvgIpc) is 1.84. The molecule has 0 amide bonds. The third kappa shape index (κ3) is 2.76. The Balaban J connectivity index is 3.58. The van der Waals surface area contributed by atoms with E-state index in [-0.39, 0.29) is 5.92 Å². The normalized spacial score (nSPS) is 18.0. The summed E-state index contributed by atoms with van der Waals surface area (Å²) in [4.78, 5) is 0. The Labute approximate surface area is 54.1 Å². The molecule has 0 fully saturated rings. The summed E-state index contributed by atoms with van der Waals surface area (Å²) < 4.78 is 0. The van der Waals surface area contributed by atoms with Crippen LogP contribution >= 0.6 is 0 Å². The third-order valence-electron chi connectivity index (χ3n) is 1.14. The lowest BCUT2D eigenvalue weighted by Gasteiger charge is -2.18. The molecular weight excluding hydrogens is 122 g/mol. The number of hydrogen-bond acceptors (Lipinski definition) is 4. The van der Waals surface area contributed by atoms with Gasteiger partial charge in [-0.2, -0.15) is 5.48 Å². The van der Waals surface area contributed by atoms with Gasteiger partial charge in [-0.1, -0.05) is 13.8 Å². The molecule has 0 aliphatic carbocycles. The summed E-state index contributed by atoms with van der Waals surface area (Å²) in [7, 11) is 0. The van der Waals surface area contributed by atoms with Gasteiger partial charge < -0.3 is 15.4 Å². The molecule has 0 saturated heterocycles. The topological polar surface area (TPSA) is 72.7 Å². The van der Waals surface area contributed by atoms with Crippen LogP contribution in [0.4, 0.5) is 0 Å². The number of aliphatic hydroxyl groups excluding tert-OH is 2. The fourth-order valence-corrected chi connectivity index (χ4v) is 0.441. The van der Waals surface area contributed by atoms with Crippen molar-refractivity contribution in [3.8, 4) is 0 Å². The van der Waals surface area contributed by atoms with Gasteiger partial charge in [0.25, 0.3) is 0 Å². The Kier molecular flexibility index (Phi) is 3.72. The maximum Gasteiger partial charge on any atom is 0.152 e. The molecule has 2 unspecified atom stereocenters. The highest BCUT2D eigenvalue weighted by Gasteiger charge is 2.17. The van der Waals surface area contributed by atoms with E-state index in [2.05, 4.69) is 0 Å². The minimum Gasteiger partial charge on any atom is -0.389 e. The lowest BCUT2D eigenvalue weighted by atomic mass is 10.1. The molecule has 0 aromatic heterocycles. The molecule has 0 aromatic carbocycles. The molecule has 0 heterocycles. The third-order valence-corrected chi connectivity index (χ3v) is 1.14. The van der Waals surface area contributed by atoms with Crippen LogP contribution in [0.5, 0.6) is 0 Å². The Morgan fingerprint density at radius 1 is 1.22 bits per heavy atom. The van der Waals surface area contributed by atoms with E-state index in [4.69, 9.17) is 15.4 Å². The van der Waals surface area contributed by atoms with Crippen molar-refractivity contribution < 1.29 is 15.4 Å². The summed E-state index contributed by atoms with van der Waals surface area (Å²) in [6, 6.07) is 0. The minimum absolute atomic E-state index is 0.0698. The van der Waals surface area contributed by atoms with Gasteiger partial charge in [0.05, 0.1) is 6.10 Å². The first-order valence-corrected chi connectivity index (χ1v) is 2.85. The zero-order valence-electron chi connectivity index (χ0n) is 5.57. The number of rotatable bonds is 3. The lowest BCUT2D eigenvalue weighted by Crippen LogP contribution is -2.40. The monoisotopic (exact) mass is 135 g/mol. The van der Waals surface area contributed by atoms with Crippen molar-refractivity contribution in [3.05, 3.63) is 0 Å². The summed E-state index contributed by atoms with van der Waals surface area (Å²) in [5.74, 6) is -0.0698. The molecule has 56 valence electrons. The molecule has 4 heteroatoms. The van der Waals surface area contributed by atoms with Crippen molar-refractivity contribution in [2.45, 2.75) is 26.2 Å². The zero-order valence-corrected chi connectivity index (χ0v) is 5.57. The van der Waals surface area contributed by atoms with Crippen LogP contribution in [0, 0.1) is 5.92 Å². The molecule has 0 radical (unpaired) electrons. The van der Waals surface area contributed by atoms with E-state index < -0.39 is 12.3 Å². The van der Waals surface area contributed by atoms with Crippen molar-refractivity contribution >= 4 is 0 Å². The van der Waals surface area contributed by atoms with Gasteiger partial charge >= 0.3 is 0 Å². The fraction of sp³-hybridized carbons (Fsp3) is 1.00. The van der Waals surface area contributed by atoms with E-state index in [0.717, 1.165) is 0 Å². The van der Waals surface area contributed by atoms with Crippen LogP contribution in [0.1, 0.15) is 13.8 Å². The molecule has 0 rings (SSSR count). The molecule has 0 aliphatic rings. The molecule has 2 atom stereocenters. The largest absolute Gasteiger partial charge is 0.389 e. The highest BCUT2D eigenvalue weighted by atomic mass is 16.5. The zero-order chi connectivity index (χ0) is 7.44. The van der Waals surface area contributed by atoms with E-state index in [0.29, 0.717) is 0 Å². The highest BCUT2D eigenvalue weighted by Crippen LogP contribution is 2.02. The summed E-state index contributed by atoms with van der Waals surface area (Å²) in [6.45, 7) is 3.48. The molecule has 0 spiro atoms. The van der Waals surface area contributed by atoms with Crippen molar-refractivity contribution in [2.24, 2.45) is 5.92 Å². The Morgan fingerprint density at radius 3 is 1.78 bits per heavy atom. The van der Waals surface area contributed by atoms with Crippen molar-refractivity contribution in [2.75, 3.05) is 0 Å². The molecule has 0 bridgehead atoms. The van der Waals surface area contributed by atoms with Gasteiger partial charge in [-0.05, 0) is 5.92 Å². The van der Waals surface area contributed by atoms with Gasteiger partial charge in [0.1, 0.15) is 0 Å². The van der Waals surface area contributed by atoms with E-state index in [1.807, 2.05) is 0 Å². The predicted octanol–water partition coefficient (Wildman–Crippen LogP) is -0.700. The van der Waals surface area contributed by atoms with Gasteiger partial charge in [0, 0.05) is 0 Å². The van der Waals surface area contributed by atoms with E-state index in [1.54, 1.807) is 19.3 Å². The number of aliphatic hydroxyl groups is 2. The van der Waals surface area contributed by atoms with Gasteiger partial charge in [0.15, 0.2) is 6.23 Å². The van der Waals surface area contributed by atoms with Crippen LogP contribution in [-0.4, -0.2) is 27.8 Å². The smallest absolute Gasteiger partial charge is 0.152 e. The summed E-state index contributed by atoms with van der Waals surface area (Å²) >= 11 is 0. The molecule has 0 saturated carbocycles. The predicted molar refractivity (Wildman–Crippen MR) is 31.8 cm³/mol. The van der Waals surface area contributed by atoms with Crippen molar-refractivity contribution in [1.29, 1.82) is 0 Å². The average molecular weight is 135 g/mol. The maximum atomic E-state index is 8.92. The first-order chi connectivity index (χ1) is 4.09. The second kappa shape index (κ2) is 3.79. The molecular formula is C5H13NO3. The summed E-state index contributed by atoms with van der Waals surface area (Å²) in [6.07, 6.45) is -2.17. The van der Waals surface area contributed by atoms with Crippen LogP contribution in [0.2, 0.25) is 0 Å². The lowest BCUT2D eigenvalue weighted by molar-refractivity contribution is -0.0882. The molecule has 0 aliphatic heterocycles. The quantitative estimate of drug-likeness (QED) is 0.305.